The van der Waals surface area contributed by atoms with Crippen LogP contribution in [0.25, 0.3) is 5.69 Å². The van der Waals surface area contributed by atoms with Gasteiger partial charge in [0.25, 0.3) is 0 Å². The summed E-state index contributed by atoms with van der Waals surface area (Å²) in [6.07, 6.45) is 2.17. The molecule has 18 heavy (non-hydrogen) atoms. The van der Waals surface area contributed by atoms with E-state index in [0.717, 1.165) is 12.2 Å². The van der Waals surface area contributed by atoms with E-state index in [0.29, 0.717) is 12.1 Å². The molecule has 4 heteroatoms. The molecule has 0 aliphatic heterocycles. The summed E-state index contributed by atoms with van der Waals surface area (Å²) in [5.74, 6) is 0.116. The molecule has 94 valence electrons. The molecule has 0 saturated heterocycles. The van der Waals surface area contributed by atoms with Gasteiger partial charge in [-0.3, -0.25) is 4.79 Å². The number of carbonyl (C=O) groups is 1. The standard InChI is InChI=1S/C14H17N3O/c1-16(2)11-9-14(18)13-8-10-15-17(13)12-6-4-3-5-7-12/h3-8,10H,9,11H2,1-2H3. The fourth-order valence-electron chi connectivity index (χ4n) is 1.74. The van der Waals surface area contributed by atoms with Crippen LogP contribution in [0.5, 0.6) is 0 Å². The fourth-order valence-corrected chi connectivity index (χ4v) is 1.74. The van der Waals surface area contributed by atoms with E-state index < -0.39 is 0 Å². The van der Waals surface area contributed by atoms with E-state index in [1.54, 1.807) is 16.9 Å². The molecular weight excluding hydrogens is 226 g/mol. The van der Waals surface area contributed by atoms with E-state index in [9.17, 15) is 4.79 Å². The Morgan fingerprint density at radius 2 is 1.94 bits per heavy atom. The predicted octanol–water partition coefficient (Wildman–Crippen LogP) is 2.01. The summed E-state index contributed by atoms with van der Waals surface area (Å²) in [6.45, 7) is 0.749. The summed E-state index contributed by atoms with van der Waals surface area (Å²) in [4.78, 5) is 14.1. The maximum Gasteiger partial charge on any atom is 0.182 e. The lowest BCUT2D eigenvalue weighted by atomic mass is 10.2. The Bertz CT molecular complexity index is 517. The summed E-state index contributed by atoms with van der Waals surface area (Å²) >= 11 is 0. The summed E-state index contributed by atoms with van der Waals surface area (Å²) in [6, 6.07) is 11.5. The average Bonchev–Trinajstić information content (AvgIpc) is 2.86. The van der Waals surface area contributed by atoms with Crippen LogP contribution < -0.4 is 0 Å². The molecule has 1 aromatic carbocycles. The molecule has 0 radical (unpaired) electrons. The van der Waals surface area contributed by atoms with Crippen LogP contribution in [0.3, 0.4) is 0 Å². The molecular formula is C14H17N3O. The van der Waals surface area contributed by atoms with Gasteiger partial charge < -0.3 is 4.90 Å². The first-order chi connectivity index (χ1) is 8.68. The highest BCUT2D eigenvalue weighted by Gasteiger charge is 2.13. The number of ketones is 1. The molecule has 0 atom stereocenters. The second-order valence-corrected chi connectivity index (χ2v) is 4.44. The van der Waals surface area contributed by atoms with Crippen LogP contribution >= 0.6 is 0 Å². The van der Waals surface area contributed by atoms with Crippen molar-refractivity contribution in [2.24, 2.45) is 0 Å². The second kappa shape index (κ2) is 5.60. The third-order valence-electron chi connectivity index (χ3n) is 2.72. The zero-order chi connectivity index (χ0) is 13.0. The average molecular weight is 243 g/mol. The van der Waals surface area contributed by atoms with Crippen LogP contribution in [-0.4, -0.2) is 41.1 Å². The lowest BCUT2D eigenvalue weighted by Gasteiger charge is -2.09. The minimum absolute atomic E-state index is 0.116. The molecule has 1 heterocycles. The van der Waals surface area contributed by atoms with Crippen LogP contribution in [0.4, 0.5) is 0 Å². The summed E-state index contributed by atoms with van der Waals surface area (Å²) in [7, 11) is 3.92. The van der Waals surface area contributed by atoms with Gasteiger partial charge in [0.05, 0.1) is 11.9 Å². The van der Waals surface area contributed by atoms with E-state index in [-0.39, 0.29) is 5.78 Å². The molecule has 0 unspecified atom stereocenters. The maximum atomic E-state index is 12.1. The zero-order valence-corrected chi connectivity index (χ0v) is 10.7. The molecule has 0 bridgehead atoms. The topological polar surface area (TPSA) is 38.1 Å². The SMILES string of the molecule is CN(C)CCC(=O)c1ccnn1-c1ccccc1. The molecule has 0 spiro atoms. The van der Waals surface area contributed by atoms with E-state index in [2.05, 4.69) is 5.10 Å². The number of hydrogen-bond donors (Lipinski definition) is 0. The van der Waals surface area contributed by atoms with Gasteiger partial charge in [-0.05, 0) is 32.3 Å². The van der Waals surface area contributed by atoms with Gasteiger partial charge in [0, 0.05) is 13.0 Å². The van der Waals surface area contributed by atoms with Gasteiger partial charge in [0.2, 0.25) is 0 Å². The first-order valence-electron chi connectivity index (χ1n) is 5.96. The van der Waals surface area contributed by atoms with E-state index in [1.807, 2.05) is 49.3 Å². The van der Waals surface area contributed by atoms with Crippen LogP contribution in [-0.2, 0) is 0 Å². The number of nitrogens with zero attached hydrogens (tertiary/aromatic N) is 3. The molecule has 0 amide bonds. The predicted molar refractivity (Wildman–Crippen MR) is 71.1 cm³/mol. The van der Waals surface area contributed by atoms with Gasteiger partial charge in [-0.2, -0.15) is 5.10 Å². The van der Waals surface area contributed by atoms with Gasteiger partial charge in [-0.15, -0.1) is 0 Å². The number of rotatable bonds is 5. The van der Waals surface area contributed by atoms with Crippen molar-refractivity contribution in [3.8, 4) is 5.69 Å². The molecule has 0 N–H and O–H groups in total. The van der Waals surface area contributed by atoms with Gasteiger partial charge >= 0.3 is 0 Å². The quantitative estimate of drug-likeness (QED) is 0.754. The normalized spacial score (nSPS) is 10.8. The Kier molecular flexibility index (Phi) is 3.89. The van der Waals surface area contributed by atoms with Crippen molar-refractivity contribution in [3.63, 3.8) is 0 Å². The Morgan fingerprint density at radius 3 is 2.61 bits per heavy atom. The van der Waals surface area contributed by atoms with Crippen molar-refractivity contribution in [3.05, 3.63) is 48.3 Å². The highest BCUT2D eigenvalue weighted by Crippen LogP contribution is 2.11. The Hall–Kier alpha value is -1.94. The number of aromatic nitrogens is 2. The molecule has 1 aromatic heterocycles. The van der Waals surface area contributed by atoms with Crippen molar-refractivity contribution in [2.45, 2.75) is 6.42 Å². The Morgan fingerprint density at radius 1 is 1.22 bits per heavy atom. The van der Waals surface area contributed by atoms with Crippen molar-refractivity contribution in [1.82, 2.24) is 14.7 Å². The maximum absolute atomic E-state index is 12.1. The molecule has 2 aromatic rings. The fraction of sp³-hybridized carbons (Fsp3) is 0.286. The monoisotopic (exact) mass is 243 g/mol. The van der Waals surface area contributed by atoms with E-state index in [4.69, 9.17) is 0 Å². The number of Topliss-reactive ketones (excluding diaryl/α,β-unsaturated/α-hetero) is 1. The van der Waals surface area contributed by atoms with E-state index in [1.165, 1.54) is 0 Å². The van der Waals surface area contributed by atoms with Crippen LogP contribution in [0.2, 0.25) is 0 Å². The molecule has 0 aliphatic carbocycles. The summed E-state index contributed by atoms with van der Waals surface area (Å²) in [5.41, 5.74) is 1.55. The van der Waals surface area contributed by atoms with Crippen molar-refractivity contribution in [1.29, 1.82) is 0 Å². The van der Waals surface area contributed by atoms with Gasteiger partial charge in [0.15, 0.2) is 5.78 Å². The third-order valence-corrected chi connectivity index (χ3v) is 2.72. The number of para-hydroxylation sites is 1. The van der Waals surface area contributed by atoms with Crippen LogP contribution in [0, 0.1) is 0 Å². The first kappa shape index (κ1) is 12.5. The summed E-state index contributed by atoms with van der Waals surface area (Å²) in [5, 5.41) is 4.22. The van der Waals surface area contributed by atoms with Crippen LogP contribution in [0.15, 0.2) is 42.6 Å². The van der Waals surface area contributed by atoms with Gasteiger partial charge in [-0.25, -0.2) is 4.68 Å². The van der Waals surface area contributed by atoms with E-state index >= 15 is 0 Å². The Balaban J connectivity index is 2.20. The van der Waals surface area contributed by atoms with Crippen molar-refractivity contribution < 1.29 is 4.79 Å². The third kappa shape index (κ3) is 2.84. The number of benzene rings is 1. The molecule has 0 aliphatic rings. The van der Waals surface area contributed by atoms with Crippen molar-refractivity contribution in [2.75, 3.05) is 20.6 Å². The Labute approximate surface area is 107 Å². The summed E-state index contributed by atoms with van der Waals surface area (Å²) < 4.78 is 1.69. The second-order valence-electron chi connectivity index (χ2n) is 4.44. The highest BCUT2D eigenvalue weighted by molar-refractivity contribution is 5.95. The minimum Gasteiger partial charge on any atom is -0.309 e. The lowest BCUT2D eigenvalue weighted by molar-refractivity contribution is 0.0965. The number of hydrogen-bond acceptors (Lipinski definition) is 3. The zero-order valence-electron chi connectivity index (χ0n) is 10.7. The number of carbonyl (C=O) groups excluding carboxylic acids is 1. The molecule has 0 saturated carbocycles. The molecule has 2 rings (SSSR count). The lowest BCUT2D eigenvalue weighted by Crippen LogP contribution is -2.18. The molecule has 4 nitrogen and oxygen atoms in total. The smallest absolute Gasteiger partial charge is 0.182 e. The van der Waals surface area contributed by atoms with Crippen molar-refractivity contribution >= 4 is 5.78 Å². The highest BCUT2D eigenvalue weighted by atomic mass is 16.1. The van der Waals surface area contributed by atoms with Gasteiger partial charge in [0.1, 0.15) is 5.69 Å². The minimum atomic E-state index is 0.116. The van der Waals surface area contributed by atoms with Gasteiger partial charge in [-0.1, -0.05) is 18.2 Å². The molecule has 0 fully saturated rings. The first-order valence-corrected chi connectivity index (χ1v) is 5.96. The van der Waals surface area contributed by atoms with Crippen LogP contribution in [0.1, 0.15) is 16.9 Å². The largest absolute Gasteiger partial charge is 0.309 e.